The molecule has 1 N–H and O–H groups in total. The molecule has 112 valence electrons. The van der Waals surface area contributed by atoms with Gasteiger partial charge in [0.2, 0.25) is 0 Å². The van der Waals surface area contributed by atoms with Crippen molar-refractivity contribution in [3.8, 4) is 0 Å². The lowest BCUT2D eigenvalue weighted by Crippen LogP contribution is -2.39. The van der Waals surface area contributed by atoms with E-state index in [4.69, 9.17) is 0 Å². The van der Waals surface area contributed by atoms with E-state index in [0.29, 0.717) is 6.04 Å². The van der Waals surface area contributed by atoms with E-state index in [9.17, 15) is 4.21 Å². The Balaban J connectivity index is 1.86. The standard InChI is InChI=1S/C16H26N2OS/c1-2-9-17-16(15-6-4-3-5-7-15)8-10-18-11-13-20(19)14-12-18/h3-7,16-17H,2,8-14H2,1H3. The predicted octanol–water partition coefficient (Wildman–Crippen LogP) is 2.18. The van der Waals surface area contributed by atoms with Gasteiger partial charge in [0.05, 0.1) is 0 Å². The van der Waals surface area contributed by atoms with E-state index >= 15 is 0 Å². The maximum absolute atomic E-state index is 11.4. The second-order valence-corrected chi connectivity index (χ2v) is 7.09. The van der Waals surface area contributed by atoms with Gasteiger partial charge in [0.15, 0.2) is 0 Å². The molecule has 0 bridgehead atoms. The average Bonchev–Trinajstić information content (AvgIpc) is 2.50. The van der Waals surface area contributed by atoms with Crippen LogP contribution in [0.15, 0.2) is 30.3 Å². The summed E-state index contributed by atoms with van der Waals surface area (Å²) in [5.41, 5.74) is 1.38. The summed E-state index contributed by atoms with van der Waals surface area (Å²) in [5.74, 6) is 1.69. The lowest BCUT2D eigenvalue weighted by Gasteiger charge is -2.28. The molecule has 1 aliphatic rings. The lowest BCUT2D eigenvalue weighted by atomic mass is 10.0. The van der Waals surface area contributed by atoms with Gasteiger partial charge in [-0.25, -0.2) is 0 Å². The van der Waals surface area contributed by atoms with Crippen molar-refractivity contribution in [2.45, 2.75) is 25.8 Å². The maximum atomic E-state index is 11.4. The molecule has 0 aromatic heterocycles. The minimum Gasteiger partial charge on any atom is -0.310 e. The molecule has 2 rings (SSSR count). The van der Waals surface area contributed by atoms with Crippen molar-refractivity contribution < 1.29 is 4.21 Å². The van der Waals surface area contributed by atoms with Crippen LogP contribution < -0.4 is 5.32 Å². The van der Waals surface area contributed by atoms with Gasteiger partial charge in [-0.2, -0.15) is 0 Å². The number of hydrogen-bond donors (Lipinski definition) is 1. The van der Waals surface area contributed by atoms with Gasteiger partial charge in [-0.3, -0.25) is 4.21 Å². The van der Waals surface area contributed by atoms with E-state index < -0.39 is 10.8 Å². The fourth-order valence-electron chi connectivity index (χ4n) is 2.60. The molecule has 1 aliphatic heterocycles. The maximum Gasteiger partial charge on any atom is 0.0363 e. The van der Waals surface area contributed by atoms with Crippen LogP contribution in [-0.2, 0) is 10.8 Å². The van der Waals surface area contributed by atoms with Crippen LogP contribution in [0.4, 0.5) is 0 Å². The molecular formula is C16H26N2OS. The van der Waals surface area contributed by atoms with Crippen molar-refractivity contribution in [2.24, 2.45) is 0 Å². The fourth-order valence-corrected chi connectivity index (χ4v) is 3.73. The highest BCUT2D eigenvalue weighted by Crippen LogP contribution is 2.17. The number of benzene rings is 1. The number of nitrogens with one attached hydrogen (secondary N) is 1. The van der Waals surface area contributed by atoms with Gasteiger partial charge in [0.1, 0.15) is 0 Å². The Labute approximate surface area is 125 Å². The molecule has 1 aromatic carbocycles. The average molecular weight is 294 g/mol. The molecular weight excluding hydrogens is 268 g/mol. The smallest absolute Gasteiger partial charge is 0.0363 e. The summed E-state index contributed by atoms with van der Waals surface area (Å²) in [6, 6.07) is 11.1. The van der Waals surface area contributed by atoms with Crippen LogP contribution in [0.25, 0.3) is 0 Å². The highest BCUT2D eigenvalue weighted by molar-refractivity contribution is 7.85. The van der Waals surface area contributed by atoms with Crippen LogP contribution in [0, 0.1) is 0 Å². The second kappa shape index (κ2) is 8.55. The van der Waals surface area contributed by atoms with Gasteiger partial charge in [-0.1, -0.05) is 37.3 Å². The van der Waals surface area contributed by atoms with E-state index in [-0.39, 0.29) is 0 Å². The third-order valence-corrected chi connectivity index (χ3v) is 5.12. The van der Waals surface area contributed by atoms with E-state index in [0.717, 1.165) is 50.5 Å². The monoisotopic (exact) mass is 294 g/mol. The van der Waals surface area contributed by atoms with Crippen LogP contribution in [0.5, 0.6) is 0 Å². The SMILES string of the molecule is CCCNC(CCN1CCS(=O)CC1)c1ccccc1. The molecule has 1 atom stereocenters. The molecule has 1 fully saturated rings. The molecule has 1 saturated heterocycles. The molecule has 0 spiro atoms. The van der Waals surface area contributed by atoms with Gasteiger partial charge >= 0.3 is 0 Å². The summed E-state index contributed by atoms with van der Waals surface area (Å²) in [5, 5.41) is 3.65. The zero-order valence-corrected chi connectivity index (χ0v) is 13.2. The quantitative estimate of drug-likeness (QED) is 0.836. The number of nitrogens with zero attached hydrogens (tertiary/aromatic N) is 1. The summed E-state index contributed by atoms with van der Waals surface area (Å²) in [7, 11) is -0.573. The van der Waals surface area contributed by atoms with Gasteiger partial charge in [-0.05, 0) is 24.9 Å². The van der Waals surface area contributed by atoms with E-state index in [1.807, 2.05) is 0 Å². The first-order chi connectivity index (χ1) is 9.79. The van der Waals surface area contributed by atoms with E-state index in [1.165, 1.54) is 5.56 Å². The van der Waals surface area contributed by atoms with Crippen molar-refractivity contribution in [1.82, 2.24) is 10.2 Å². The molecule has 4 heteroatoms. The minimum absolute atomic E-state index is 0.434. The summed E-state index contributed by atoms with van der Waals surface area (Å²) in [6.45, 7) is 6.33. The van der Waals surface area contributed by atoms with Crippen molar-refractivity contribution >= 4 is 10.8 Å². The van der Waals surface area contributed by atoms with Gasteiger partial charge < -0.3 is 10.2 Å². The normalized spacial score (nSPS) is 19.1. The largest absolute Gasteiger partial charge is 0.310 e. The van der Waals surface area contributed by atoms with Crippen LogP contribution >= 0.6 is 0 Å². The second-order valence-electron chi connectivity index (χ2n) is 5.40. The van der Waals surface area contributed by atoms with Crippen molar-refractivity contribution in [3.63, 3.8) is 0 Å². The Morgan fingerprint density at radius 2 is 1.95 bits per heavy atom. The van der Waals surface area contributed by atoms with Gasteiger partial charge in [0, 0.05) is 48.0 Å². The van der Waals surface area contributed by atoms with Crippen LogP contribution in [0.1, 0.15) is 31.4 Å². The Kier molecular flexibility index (Phi) is 6.70. The summed E-state index contributed by atoms with van der Waals surface area (Å²) >= 11 is 0. The molecule has 0 saturated carbocycles. The first-order valence-electron chi connectivity index (χ1n) is 7.65. The third kappa shape index (κ3) is 5.00. The van der Waals surface area contributed by atoms with Crippen LogP contribution in [0.3, 0.4) is 0 Å². The Morgan fingerprint density at radius 1 is 1.25 bits per heavy atom. The molecule has 0 amide bonds. The first-order valence-corrected chi connectivity index (χ1v) is 9.14. The Hall–Kier alpha value is -0.710. The third-order valence-electron chi connectivity index (χ3n) is 3.85. The Bertz CT molecular complexity index is 400. The number of rotatable bonds is 7. The molecule has 1 unspecified atom stereocenters. The Morgan fingerprint density at radius 3 is 2.60 bits per heavy atom. The zero-order chi connectivity index (χ0) is 14.2. The molecule has 0 radical (unpaired) electrons. The van der Waals surface area contributed by atoms with Gasteiger partial charge in [0.25, 0.3) is 0 Å². The fraction of sp³-hybridized carbons (Fsp3) is 0.625. The zero-order valence-electron chi connectivity index (χ0n) is 12.4. The lowest BCUT2D eigenvalue weighted by molar-refractivity contribution is 0.278. The first kappa shape index (κ1) is 15.7. The van der Waals surface area contributed by atoms with Crippen LogP contribution in [-0.4, -0.2) is 46.8 Å². The minimum atomic E-state index is -0.573. The van der Waals surface area contributed by atoms with Crippen molar-refractivity contribution in [2.75, 3.05) is 37.7 Å². The van der Waals surface area contributed by atoms with Crippen molar-refractivity contribution in [3.05, 3.63) is 35.9 Å². The van der Waals surface area contributed by atoms with E-state index in [2.05, 4.69) is 47.5 Å². The van der Waals surface area contributed by atoms with Crippen LogP contribution in [0.2, 0.25) is 0 Å². The van der Waals surface area contributed by atoms with Crippen molar-refractivity contribution in [1.29, 1.82) is 0 Å². The summed E-state index contributed by atoms with van der Waals surface area (Å²) < 4.78 is 11.4. The van der Waals surface area contributed by atoms with Gasteiger partial charge in [-0.15, -0.1) is 0 Å². The van der Waals surface area contributed by atoms with E-state index in [1.54, 1.807) is 0 Å². The molecule has 0 aliphatic carbocycles. The predicted molar refractivity (Wildman–Crippen MR) is 86.4 cm³/mol. The highest BCUT2D eigenvalue weighted by Gasteiger charge is 2.17. The molecule has 1 aromatic rings. The number of hydrogen-bond acceptors (Lipinski definition) is 3. The molecule has 3 nitrogen and oxygen atoms in total. The molecule has 20 heavy (non-hydrogen) atoms. The topological polar surface area (TPSA) is 32.3 Å². The highest BCUT2D eigenvalue weighted by atomic mass is 32.2. The molecule has 1 heterocycles. The summed E-state index contributed by atoms with van der Waals surface area (Å²) in [6.07, 6.45) is 2.28. The summed E-state index contributed by atoms with van der Waals surface area (Å²) in [4.78, 5) is 2.45.